The minimum atomic E-state index is -0.374. The van der Waals surface area contributed by atoms with Crippen LogP contribution in [0.1, 0.15) is 17.5 Å². The molecule has 1 atom stereocenters. The maximum Gasteiger partial charge on any atom is 0.227 e. The third kappa shape index (κ3) is 3.47. The Bertz CT molecular complexity index is 1080. The molecule has 1 unspecified atom stereocenters. The summed E-state index contributed by atoms with van der Waals surface area (Å²) in [7, 11) is 0. The molecule has 2 N–H and O–H groups in total. The summed E-state index contributed by atoms with van der Waals surface area (Å²) in [5.74, 6) is -0.569. The maximum absolute atomic E-state index is 12.5. The van der Waals surface area contributed by atoms with Crippen LogP contribution in [0.2, 0.25) is 0 Å². The highest BCUT2D eigenvalue weighted by atomic mass is 16.2. The first-order valence-corrected chi connectivity index (χ1v) is 9.29. The van der Waals surface area contributed by atoms with E-state index in [2.05, 4.69) is 22.4 Å². The Labute approximate surface area is 162 Å². The molecule has 2 heterocycles. The predicted molar refractivity (Wildman–Crippen MR) is 107 cm³/mol. The molecule has 0 saturated carbocycles. The third-order valence-electron chi connectivity index (χ3n) is 5.15. The minimum Gasteiger partial charge on any atom is -0.361 e. The molecule has 140 valence electrons. The van der Waals surface area contributed by atoms with Gasteiger partial charge >= 0.3 is 0 Å². The molecule has 4 rings (SSSR count). The van der Waals surface area contributed by atoms with E-state index in [4.69, 9.17) is 5.26 Å². The summed E-state index contributed by atoms with van der Waals surface area (Å²) in [6.07, 6.45) is 2.89. The number of nitrogens with one attached hydrogen (secondary N) is 2. The highest BCUT2D eigenvalue weighted by Gasteiger charge is 2.35. The number of hydrogen-bond donors (Lipinski definition) is 2. The van der Waals surface area contributed by atoms with E-state index in [1.807, 2.05) is 24.4 Å². The Morgan fingerprint density at radius 2 is 2.11 bits per heavy atom. The predicted octanol–water partition coefficient (Wildman–Crippen LogP) is 2.75. The number of amides is 2. The standard InChI is InChI=1S/C22H20N4O2/c23-12-15-4-3-5-18(10-15)26-14-17(11-21(26)27)22(28)24-9-8-16-13-25-20-7-2-1-6-19(16)20/h1-7,10,13,17,25H,8-9,11,14H2,(H,24,28). The van der Waals surface area contributed by atoms with Crippen LogP contribution in [0.15, 0.2) is 54.7 Å². The van der Waals surface area contributed by atoms with Crippen molar-refractivity contribution in [2.24, 2.45) is 5.92 Å². The number of hydrogen-bond acceptors (Lipinski definition) is 3. The Kier molecular flexibility index (Phi) is 4.81. The zero-order chi connectivity index (χ0) is 19.5. The molecule has 1 aliphatic rings. The SMILES string of the molecule is N#Cc1cccc(N2CC(C(=O)NCCc3c[nH]c4ccccc34)CC2=O)c1. The van der Waals surface area contributed by atoms with Gasteiger partial charge in [0.15, 0.2) is 0 Å². The van der Waals surface area contributed by atoms with Crippen LogP contribution in [0.5, 0.6) is 0 Å². The van der Waals surface area contributed by atoms with Crippen molar-refractivity contribution in [3.63, 3.8) is 0 Å². The fourth-order valence-electron chi connectivity index (χ4n) is 3.68. The average molecular weight is 372 g/mol. The van der Waals surface area contributed by atoms with E-state index >= 15 is 0 Å². The van der Waals surface area contributed by atoms with Crippen molar-refractivity contribution in [1.29, 1.82) is 5.26 Å². The number of H-pyrrole nitrogens is 1. The van der Waals surface area contributed by atoms with Crippen molar-refractivity contribution in [2.75, 3.05) is 18.0 Å². The molecule has 1 saturated heterocycles. The lowest BCUT2D eigenvalue weighted by Crippen LogP contribution is -2.34. The number of benzene rings is 2. The number of nitrogens with zero attached hydrogens (tertiary/aromatic N) is 2. The Morgan fingerprint density at radius 3 is 2.96 bits per heavy atom. The van der Waals surface area contributed by atoms with Gasteiger partial charge in [0.1, 0.15) is 0 Å². The second-order valence-corrected chi connectivity index (χ2v) is 6.97. The molecule has 1 aliphatic heterocycles. The van der Waals surface area contributed by atoms with E-state index in [9.17, 15) is 9.59 Å². The molecule has 0 spiro atoms. The van der Waals surface area contributed by atoms with E-state index in [0.29, 0.717) is 24.3 Å². The summed E-state index contributed by atoms with van der Waals surface area (Å²) >= 11 is 0. The van der Waals surface area contributed by atoms with Crippen LogP contribution in [-0.2, 0) is 16.0 Å². The molecule has 3 aromatic rings. The average Bonchev–Trinajstić information content (AvgIpc) is 3.32. The number of para-hydroxylation sites is 1. The van der Waals surface area contributed by atoms with Crippen molar-refractivity contribution in [3.05, 3.63) is 65.9 Å². The summed E-state index contributed by atoms with van der Waals surface area (Å²) in [5.41, 5.74) is 3.41. The smallest absolute Gasteiger partial charge is 0.227 e. The van der Waals surface area contributed by atoms with Crippen molar-refractivity contribution in [2.45, 2.75) is 12.8 Å². The number of rotatable bonds is 5. The van der Waals surface area contributed by atoms with Crippen molar-refractivity contribution >= 4 is 28.4 Å². The molecule has 2 aromatic carbocycles. The lowest BCUT2D eigenvalue weighted by molar-refractivity contribution is -0.126. The highest BCUT2D eigenvalue weighted by Crippen LogP contribution is 2.26. The van der Waals surface area contributed by atoms with Gasteiger partial charge in [-0.25, -0.2) is 0 Å². The number of nitriles is 1. The zero-order valence-corrected chi connectivity index (χ0v) is 15.3. The maximum atomic E-state index is 12.5. The summed E-state index contributed by atoms with van der Waals surface area (Å²) in [6.45, 7) is 0.863. The van der Waals surface area contributed by atoms with Crippen LogP contribution in [0.3, 0.4) is 0 Å². The summed E-state index contributed by atoms with van der Waals surface area (Å²) in [6, 6.07) is 17.0. The fraction of sp³-hybridized carbons (Fsp3) is 0.227. The molecule has 1 fully saturated rings. The molecule has 6 heteroatoms. The third-order valence-corrected chi connectivity index (χ3v) is 5.15. The second-order valence-electron chi connectivity index (χ2n) is 6.97. The van der Waals surface area contributed by atoms with Gasteiger partial charge in [-0.15, -0.1) is 0 Å². The highest BCUT2D eigenvalue weighted by molar-refractivity contribution is 6.00. The van der Waals surface area contributed by atoms with Crippen molar-refractivity contribution in [1.82, 2.24) is 10.3 Å². The van der Waals surface area contributed by atoms with Gasteiger partial charge in [0, 0.05) is 42.3 Å². The molecule has 28 heavy (non-hydrogen) atoms. The lowest BCUT2D eigenvalue weighted by Gasteiger charge is -2.17. The van der Waals surface area contributed by atoms with E-state index in [1.165, 1.54) is 0 Å². The summed E-state index contributed by atoms with van der Waals surface area (Å²) in [4.78, 5) is 29.7. The van der Waals surface area contributed by atoms with Crippen LogP contribution in [0, 0.1) is 17.2 Å². The summed E-state index contributed by atoms with van der Waals surface area (Å²) < 4.78 is 0. The van der Waals surface area contributed by atoms with Gasteiger partial charge in [-0.3, -0.25) is 9.59 Å². The molecule has 0 aliphatic carbocycles. The fourth-order valence-corrected chi connectivity index (χ4v) is 3.68. The van der Waals surface area contributed by atoms with Crippen LogP contribution < -0.4 is 10.2 Å². The van der Waals surface area contributed by atoms with Crippen LogP contribution in [0.4, 0.5) is 5.69 Å². The number of carbonyl (C=O) groups is 2. The number of fused-ring (bicyclic) bond motifs is 1. The van der Waals surface area contributed by atoms with Gasteiger partial charge in [0.05, 0.1) is 17.6 Å². The Hall–Kier alpha value is -3.59. The number of aromatic nitrogens is 1. The minimum absolute atomic E-state index is 0.0909. The van der Waals surface area contributed by atoms with E-state index in [1.54, 1.807) is 29.2 Å². The van der Waals surface area contributed by atoms with E-state index < -0.39 is 0 Å². The van der Waals surface area contributed by atoms with E-state index in [0.717, 1.165) is 22.9 Å². The molecular weight excluding hydrogens is 352 g/mol. The van der Waals surface area contributed by atoms with Crippen molar-refractivity contribution < 1.29 is 9.59 Å². The number of anilines is 1. The molecule has 1 aromatic heterocycles. The normalized spacial score (nSPS) is 16.3. The second kappa shape index (κ2) is 7.57. The Balaban J connectivity index is 1.35. The zero-order valence-electron chi connectivity index (χ0n) is 15.3. The molecule has 6 nitrogen and oxygen atoms in total. The Morgan fingerprint density at radius 1 is 1.25 bits per heavy atom. The van der Waals surface area contributed by atoms with Gasteiger partial charge in [-0.2, -0.15) is 5.26 Å². The first kappa shape index (κ1) is 17.8. The first-order valence-electron chi connectivity index (χ1n) is 9.29. The van der Waals surface area contributed by atoms with Crippen LogP contribution >= 0.6 is 0 Å². The lowest BCUT2D eigenvalue weighted by atomic mass is 10.1. The van der Waals surface area contributed by atoms with Crippen molar-refractivity contribution in [3.8, 4) is 6.07 Å². The van der Waals surface area contributed by atoms with Gasteiger partial charge < -0.3 is 15.2 Å². The molecule has 0 bridgehead atoms. The quantitative estimate of drug-likeness (QED) is 0.722. The molecule has 2 amide bonds. The van der Waals surface area contributed by atoms with E-state index in [-0.39, 0.29) is 24.2 Å². The van der Waals surface area contributed by atoms with Crippen LogP contribution in [0.25, 0.3) is 10.9 Å². The molecule has 0 radical (unpaired) electrons. The van der Waals surface area contributed by atoms with Gasteiger partial charge in [-0.1, -0.05) is 24.3 Å². The first-order chi connectivity index (χ1) is 13.7. The van der Waals surface area contributed by atoms with Gasteiger partial charge in [-0.05, 0) is 36.2 Å². The monoisotopic (exact) mass is 372 g/mol. The van der Waals surface area contributed by atoms with Gasteiger partial charge in [0.25, 0.3) is 0 Å². The topological polar surface area (TPSA) is 89.0 Å². The number of aromatic amines is 1. The summed E-state index contributed by atoms with van der Waals surface area (Å²) in [5, 5.41) is 13.2. The number of carbonyl (C=O) groups excluding carboxylic acids is 2. The van der Waals surface area contributed by atoms with Gasteiger partial charge in [0.2, 0.25) is 11.8 Å². The largest absolute Gasteiger partial charge is 0.361 e. The molecular formula is C22H20N4O2. The van der Waals surface area contributed by atoms with Crippen LogP contribution in [-0.4, -0.2) is 29.9 Å².